The summed E-state index contributed by atoms with van der Waals surface area (Å²) in [6.45, 7) is 11.2. The standard InChI is InChI=1S/C20H33N3O/c1-21-9-3-11-23(13-12-21)18-20-7-5-19(6-8-20)4-2-10-22-14-16-24-17-15-22/h5-8H,2-4,9-18H2,1H3. The van der Waals surface area contributed by atoms with Crippen LogP contribution in [0.15, 0.2) is 24.3 Å². The first kappa shape index (κ1) is 17.9. The van der Waals surface area contributed by atoms with Crippen molar-refractivity contribution in [3.05, 3.63) is 35.4 Å². The second-order valence-corrected chi connectivity index (χ2v) is 7.31. The SMILES string of the molecule is CN1CCCN(Cc2ccc(CCCN3CCOCC3)cc2)CC1. The summed E-state index contributed by atoms with van der Waals surface area (Å²) in [5.41, 5.74) is 2.93. The van der Waals surface area contributed by atoms with E-state index in [2.05, 4.69) is 46.0 Å². The van der Waals surface area contributed by atoms with Gasteiger partial charge in [0.2, 0.25) is 0 Å². The number of hydrogen-bond acceptors (Lipinski definition) is 4. The highest BCUT2D eigenvalue weighted by Gasteiger charge is 2.12. The van der Waals surface area contributed by atoms with Gasteiger partial charge in [0, 0.05) is 32.7 Å². The quantitative estimate of drug-likeness (QED) is 0.794. The molecule has 0 atom stereocenters. The fraction of sp³-hybridized carbons (Fsp3) is 0.700. The Balaban J connectivity index is 1.39. The van der Waals surface area contributed by atoms with Crippen LogP contribution in [0.4, 0.5) is 0 Å². The van der Waals surface area contributed by atoms with Gasteiger partial charge in [0.05, 0.1) is 13.2 Å². The minimum Gasteiger partial charge on any atom is -0.379 e. The summed E-state index contributed by atoms with van der Waals surface area (Å²) in [7, 11) is 2.23. The number of ether oxygens (including phenoxy) is 1. The zero-order valence-corrected chi connectivity index (χ0v) is 15.3. The van der Waals surface area contributed by atoms with E-state index in [4.69, 9.17) is 4.74 Å². The first-order chi connectivity index (χ1) is 11.8. The Kier molecular flexibility index (Phi) is 7.09. The molecule has 24 heavy (non-hydrogen) atoms. The Labute approximate surface area is 147 Å². The lowest BCUT2D eigenvalue weighted by molar-refractivity contribution is 0.0375. The maximum absolute atomic E-state index is 5.41. The fourth-order valence-electron chi connectivity index (χ4n) is 3.66. The van der Waals surface area contributed by atoms with Crippen molar-refractivity contribution in [2.75, 3.05) is 66.1 Å². The zero-order chi connectivity index (χ0) is 16.6. The zero-order valence-electron chi connectivity index (χ0n) is 15.3. The normalized spacial score (nSPS) is 21.7. The third-order valence-corrected chi connectivity index (χ3v) is 5.28. The molecule has 1 aromatic carbocycles. The van der Waals surface area contributed by atoms with Crippen LogP contribution in [0.3, 0.4) is 0 Å². The van der Waals surface area contributed by atoms with Crippen molar-refractivity contribution in [2.24, 2.45) is 0 Å². The Morgan fingerprint density at radius 1 is 0.833 bits per heavy atom. The fourth-order valence-corrected chi connectivity index (χ4v) is 3.66. The first-order valence-corrected chi connectivity index (χ1v) is 9.58. The second-order valence-electron chi connectivity index (χ2n) is 7.31. The van der Waals surface area contributed by atoms with Gasteiger partial charge < -0.3 is 9.64 Å². The highest BCUT2D eigenvalue weighted by Crippen LogP contribution is 2.12. The summed E-state index contributed by atoms with van der Waals surface area (Å²) >= 11 is 0. The van der Waals surface area contributed by atoms with E-state index < -0.39 is 0 Å². The van der Waals surface area contributed by atoms with Gasteiger partial charge in [-0.25, -0.2) is 0 Å². The van der Waals surface area contributed by atoms with Crippen LogP contribution in [0.2, 0.25) is 0 Å². The molecule has 0 amide bonds. The molecule has 2 aliphatic heterocycles. The van der Waals surface area contributed by atoms with Crippen molar-refractivity contribution in [1.82, 2.24) is 14.7 Å². The molecular weight excluding hydrogens is 298 g/mol. The van der Waals surface area contributed by atoms with Crippen LogP contribution in [-0.4, -0.2) is 80.8 Å². The lowest BCUT2D eigenvalue weighted by Crippen LogP contribution is -2.36. The summed E-state index contributed by atoms with van der Waals surface area (Å²) in [6, 6.07) is 9.33. The third kappa shape index (κ3) is 5.85. The van der Waals surface area contributed by atoms with Crippen LogP contribution in [0.25, 0.3) is 0 Å². The van der Waals surface area contributed by atoms with E-state index in [9.17, 15) is 0 Å². The number of nitrogens with zero attached hydrogens (tertiary/aromatic N) is 3. The smallest absolute Gasteiger partial charge is 0.0594 e. The maximum Gasteiger partial charge on any atom is 0.0594 e. The van der Waals surface area contributed by atoms with E-state index in [0.29, 0.717) is 0 Å². The van der Waals surface area contributed by atoms with Gasteiger partial charge in [-0.3, -0.25) is 9.80 Å². The van der Waals surface area contributed by atoms with Crippen LogP contribution in [-0.2, 0) is 17.7 Å². The molecule has 0 spiro atoms. The summed E-state index contributed by atoms with van der Waals surface area (Å²) in [5, 5.41) is 0. The molecule has 134 valence electrons. The molecule has 1 aromatic rings. The molecule has 0 bridgehead atoms. The van der Waals surface area contributed by atoms with Gasteiger partial charge in [-0.1, -0.05) is 24.3 Å². The predicted molar refractivity (Wildman–Crippen MR) is 99.4 cm³/mol. The molecule has 2 aliphatic rings. The molecule has 0 radical (unpaired) electrons. The predicted octanol–water partition coefficient (Wildman–Crippen LogP) is 2.09. The number of morpholine rings is 1. The van der Waals surface area contributed by atoms with E-state index in [1.54, 1.807) is 0 Å². The first-order valence-electron chi connectivity index (χ1n) is 9.58. The van der Waals surface area contributed by atoms with Gasteiger partial charge in [0.25, 0.3) is 0 Å². The van der Waals surface area contributed by atoms with Crippen LogP contribution in [0.1, 0.15) is 24.0 Å². The Morgan fingerprint density at radius 2 is 1.58 bits per heavy atom. The number of benzene rings is 1. The Bertz CT molecular complexity index is 470. The minimum absolute atomic E-state index is 0.904. The molecule has 4 nitrogen and oxygen atoms in total. The van der Waals surface area contributed by atoms with Gasteiger partial charge in [-0.15, -0.1) is 0 Å². The van der Waals surface area contributed by atoms with Gasteiger partial charge in [-0.2, -0.15) is 0 Å². The summed E-state index contributed by atoms with van der Waals surface area (Å²) in [6.07, 6.45) is 3.72. The lowest BCUT2D eigenvalue weighted by Gasteiger charge is -2.26. The number of likely N-dealkylation sites (N-methyl/N-ethyl adjacent to an activating group) is 1. The monoisotopic (exact) mass is 331 g/mol. The average molecular weight is 332 g/mol. The molecule has 0 aliphatic carbocycles. The minimum atomic E-state index is 0.904. The van der Waals surface area contributed by atoms with E-state index >= 15 is 0 Å². The number of aryl methyl sites for hydroxylation is 1. The molecule has 0 saturated carbocycles. The van der Waals surface area contributed by atoms with Crippen molar-refractivity contribution < 1.29 is 4.74 Å². The van der Waals surface area contributed by atoms with E-state index in [1.807, 2.05) is 0 Å². The Morgan fingerprint density at radius 3 is 2.38 bits per heavy atom. The summed E-state index contributed by atoms with van der Waals surface area (Å²) in [4.78, 5) is 7.56. The third-order valence-electron chi connectivity index (χ3n) is 5.28. The largest absolute Gasteiger partial charge is 0.379 e. The molecule has 0 aromatic heterocycles. The molecular formula is C20H33N3O. The molecule has 4 heteroatoms. The van der Waals surface area contributed by atoms with Gasteiger partial charge in [0.1, 0.15) is 0 Å². The highest BCUT2D eigenvalue weighted by molar-refractivity contribution is 5.22. The maximum atomic E-state index is 5.41. The van der Waals surface area contributed by atoms with Crippen molar-refractivity contribution in [3.63, 3.8) is 0 Å². The van der Waals surface area contributed by atoms with Crippen molar-refractivity contribution in [2.45, 2.75) is 25.8 Å². The van der Waals surface area contributed by atoms with Crippen molar-refractivity contribution >= 4 is 0 Å². The van der Waals surface area contributed by atoms with E-state index in [0.717, 1.165) is 32.8 Å². The lowest BCUT2D eigenvalue weighted by atomic mass is 10.1. The van der Waals surface area contributed by atoms with Crippen molar-refractivity contribution in [1.29, 1.82) is 0 Å². The van der Waals surface area contributed by atoms with E-state index in [-0.39, 0.29) is 0 Å². The Hall–Kier alpha value is -0.940. The van der Waals surface area contributed by atoms with Gasteiger partial charge in [0.15, 0.2) is 0 Å². The molecule has 0 unspecified atom stereocenters. The molecule has 3 rings (SSSR count). The van der Waals surface area contributed by atoms with Gasteiger partial charge >= 0.3 is 0 Å². The van der Waals surface area contributed by atoms with E-state index in [1.165, 1.54) is 63.1 Å². The average Bonchev–Trinajstić information content (AvgIpc) is 2.82. The van der Waals surface area contributed by atoms with Crippen molar-refractivity contribution in [3.8, 4) is 0 Å². The van der Waals surface area contributed by atoms with Gasteiger partial charge in [-0.05, 0) is 57.1 Å². The highest BCUT2D eigenvalue weighted by atomic mass is 16.5. The van der Waals surface area contributed by atoms with Crippen LogP contribution >= 0.6 is 0 Å². The number of rotatable bonds is 6. The summed E-state index contributed by atoms with van der Waals surface area (Å²) < 4.78 is 5.41. The van der Waals surface area contributed by atoms with Crippen LogP contribution in [0.5, 0.6) is 0 Å². The van der Waals surface area contributed by atoms with Crippen LogP contribution < -0.4 is 0 Å². The molecule has 2 fully saturated rings. The topological polar surface area (TPSA) is 19.0 Å². The molecule has 2 saturated heterocycles. The molecule has 2 heterocycles. The van der Waals surface area contributed by atoms with Crippen LogP contribution in [0, 0.1) is 0 Å². The second kappa shape index (κ2) is 9.52. The molecule has 0 N–H and O–H groups in total. The summed E-state index contributed by atoms with van der Waals surface area (Å²) in [5.74, 6) is 0. The number of hydrogen-bond donors (Lipinski definition) is 0.